The fourth-order valence-electron chi connectivity index (χ4n) is 3.21. The number of nitrogens with one attached hydrogen (secondary N) is 1. The third kappa shape index (κ3) is 2.62. The first kappa shape index (κ1) is 11.5. The smallest absolute Gasteiger partial charge is 0.0263 e. The predicted molar refractivity (Wildman–Crippen MR) is 75.3 cm³/mol. The van der Waals surface area contributed by atoms with Crippen molar-refractivity contribution in [2.24, 2.45) is 17.8 Å². The monoisotopic (exact) mass is 255 g/mol. The molecule has 0 spiro atoms. The highest BCUT2D eigenvalue weighted by Crippen LogP contribution is 2.42. The Labute approximate surface area is 107 Å². The minimum Gasteiger partial charge on any atom is -0.315 e. The Kier molecular flexibility index (Phi) is 3.85. The van der Waals surface area contributed by atoms with E-state index < -0.39 is 0 Å². The first-order chi connectivity index (χ1) is 7.92. The van der Waals surface area contributed by atoms with Gasteiger partial charge in [-0.1, -0.05) is 12.2 Å². The minimum absolute atomic E-state index is 0.868. The van der Waals surface area contributed by atoms with Crippen LogP contribution < -0.4 is 5.32 Å². The van der Waals surface area contributed by atoms with Gasteiger partial charge in [-0.15, -0.1) is 0 Å². The van der Waals surface area contributed by atoms with Crippen molar-refractivity contribution in [3.63, 3.8) is 0 Å². The zero-order valence-electron chi connectivity index (χ0n) is 9.73. The highest BCUT2D eigenvalue weighted by Gasteiger charge is 2.35. The van der Waals surface area contributed by atoms with Gasteiger partial charge in [0.05, 0.1) is 0 Å². The molecule has 90 valence electrons. The van der Waals surface area contributed by atoms with E-state index >= 15 is 0 Å². The van der Waals surface area contributed by atoms with E-state index in [2.05, 4.69) is 41.0 Å². The first-order valence-electron chi connectivity index (χ1n) is 6.50. The molecule has 3 rings (SSSR count). The van der Waals surface area contributed by atoms with Crippen molar-refractivity contribution in [3.8, 4) is 0 Å². The summed E-state index contributed by atoms with van der Waals surface area (Å²) in [5.74, 6) is 6.85. The van der Waals surface area contributed by atoms with Gasteiger partial charge in [-0.25, -0.2) is 0 Å². The van der Waals surface area contributed by atoms with Crippen molar-refractivity contribution in [2.45, 2.75) is 18.1 Å². The van der Waals surface area contributed by atoms with E-state index in [1.54, 1.807) is 0 Å². The van der Waals surface area contributed by atoms with Crippen molar-refractivity contribution in [1.29, 1.82) is 0 Å². The zero-order chi connectivity index (χ0) is 10.8. The Bertz CT molecular complexity index is 261. The Morgan fingerprint density at radius 3 is 2.81 bits per heavy atom. The molecule has 1 N–H and O–H groups in total. The van der Waals surface area contributed by atoms with Gasteiger partial charge in [0.15, 0.2) is 0 Å². The second kappa shape index (κ2) is 5.36. The van der Waals surface area contributed by atoms with E-state index in [1.807, 2.05) is 0 Å². The maximum absolute atomic E-state index is 3.71. The molecule has 0 aromatic rings. The van der Waals surface area contributed by atoms with E-state index in [0.717, 1.165) is 23.0 Å². The highest BCUT2D eigenvalue weighted by atomic mass is 32.2. The quantitative estimate of drug-likeness (QED) is 0.776. The molecule has 3 aliphatic rings. The molecule has 4 atom stereocenters. The Morgan fingerprint density at radius 1 is 1.12 bits per heavy atom. The summed E-state index contributed by atoms with van der Waals surface area (Å²) in [6.07, 6.45) is 7.79. The predicted octanol–water partition coefficient (Wildman–Crippen LogP) is 2.64. The molecule has 1 heterocycles. The number of fused-ring (bicyclic) bond motifs is 2. The summed E-state index contributed by atoms with van der Waals surface area (Å²) in [5.41, 5.74) is 0. The van der Waals surface area contributed by atoms with Crippen LogP contribution >= 0.6 is 23.5 Å². The van der Waals surface area contributed by atoms with Crippen LogP contribution in [-0.2, 0) is 0 Å². The molecular weight excluding hydrogens is 234 g/mol. The van der Waals surface area contributed by atoms with Crippen molar-refractivity contribution < 1.29 is 0 Å². The van der Waals surface area contributed by atoms with Crippen LogP contribution in [0.4, 0.5) is 0 Å². The standard InChI is InChI=1S/C13H21NS2/c1-2-11-5-10(1)6-12(11)7-14-8-13-9-15-3-4-16-13/h1-2,10-14H,3-9H2. The zero-order valence-corrected chi connectivity index (χ0v) is 11.4. The lowest BCUT2D eigenvalue weighted by atomic mass is 9.94. The van der Waals surface area contributed by atoms with Crippen LogP contribution in [0.5, 0.6) is 0 Å². The SMILES string of the molecule is C1=CC2CC1CC2CNCC1CSCCS1. The van der Waals surface area contributed by atoms with E-state index in [0.29, 0.717) is 0 Å². The third-order valence-electron chi connectivity index (χ3n) is 4.08. The van der Waals surface area contributed by atoms with Gasteiger partial charge in [0.25, 0.3) is 0 Å². The summed E-state index contributed by atoms with van der Waals surface area (Å²) in [5, 5.41) is 4.58. The maximum atomic E-state index is 3.71. The normalized spacial score (nSPS) is 41.8. The summed E-state index contributed by atoms with van der Waals surface area (Å²) in [4.78, 5) is 0. The lowest BCUT2D eigenvalue weighted by molar-refractivity contribution is 0.416. The number of hydrogen-bond donors (Lipinski definition) is 1. The molecule has 4 unspecified atom stereocenters. The van der Waals surface area contributed by atoms with Gasteiger partial charge in [0.1, 0.15) is 0 Å². The molecule has 0 aromatic heterocycles. The molecule has 1 nitrogen and oxygen atoms in total. The third-order valence-corrected chi connectivity index (χ3v) is 6.92. The van der Waals surface area contributed by atoms with E-state index in [4.69, 9.17) is 0 Å². The molecule has 16 heavy (non-hydrogen) atoms. The average Bonchev–Trinajstić information content (AvgIpc) is 2.92. The topological polar surface area (TPSA) is 12.0 Å². The minimum atomic E-state index is 0.868. The van der Waals surface area contributed by atoms with E-state index in [9.17, 15) is 0 Å². The van der Waals surface area contributed by atoms with Crippen molar-refractivity contribution in [3.05, 3.63) is 12.2 Å². The van der Waals surface area contributed by atoms with Crippen molar-refractivity contribution >= 4 is 23.5 Å². The Balaban J connectivity index is 1.36. The summed E-state index contributed by atoms with van der Waals surface area (Å²) >= 11 is 4.29. The number of hydrogen-bond acceptors (Lipinski definition) is 3. The molecule has 3 heteroatoms. The molecule has 2 fully saturated rings. The van der Waals surface area contributed by atoms with Gasteiger partial charge in [-0.05, 0) is 37.1 Å². The van der Waals surface area contributed by atoms with Crippen molar-refractivity contribution in [2.75, 3.05) is 30.3 Å². The molecule has 1 saturated carbocycles. The maximum Gasteiger partial charge on any atom is 0.0263 e. The number of allylic oxidation sites excluding steroid dienone is 2. The summed E-state index contributed by atoms with van der Waals surface area (Å²) in [7, 11) is 0. The second-order valence-corrected chi connectivity index (χ2v) is 7.82. The van der Waals surface area contributed by atoms with Crippen LogP contribution in [0.3, 0.4) is 0 Å². The van der Waals surface area contributed by atoms with E-state index in [-0.39, 0.29) is 0 Å². The molecule has 2 aliphatic carbocycles. The Hall–Kier alpha value is 0.400. The summed E-state index contributed by atoms with van der Waals surface area (Å²) in [6, 6.07) is 0. The number of thioether (sulfide) groups is 2. The molecule has 2 bridgehead atoms. The van der Waals surface area contributed by atoms with Gasteiger partial charge in [-0.2, -0.15) is 23.5 Å². The second-order valence-electron chi connectivity index (χ2n) is 5.27. The van der Waals surface area contributed by atoms with Gasteiger partial charge in [0, 0.05) is 29.1 Å². The van der Waals surface area contributed by atoms with Crippen LogP contribution in [0.1, 0.15) is 12.8 Å². The van der Waals surface area contributed by atoms with Crippen LogP contribution in [-0.4, -0.2) is 35.6 Å². The number of rotatable bonds is 4. The first-order valence-corrected chi connectivity index (χ1v) is 8.70. The molecule has 0 aromatic carbocycles. The van der Waals surface area contributed by atoms with Crippen LogP contribution in [0.2, 0.25) is 0 Å². The summed E-state index contributed by atoms with van der Waals surface area (Å²) in [6.45, 7) is 2.49. The van der Waals surface area contributed by atoms with Crippen LogP contribution in [0, 0.1) is 17.8 Å². The molecule has 1 aliphatic heterocycles. The lowest BCUT2D eigenvalue weighted by Gasteiger charge is -2.23. The van der Waals surface area contributed by atoms with Crippen molar-refractivity contribution in [1.82, 2.24) is 5.32 Å². The highest BCUT2D eigenvalue weighted by molar-refractivity contribution is 8.06. The Morgan fingerprint density at radius 2 is 2.12 bits per heavy atom. The van der Waals surface area contributed by atoms with E-state index in [1.165, 1.54) is 43.2 Å². The molecule has 1 saturated heterocycles. The fourth-order valence-corrected chi connectivity index (χ4v) is 5.86. The van der Waals surface area contributed by atoms with Gasteiger partial charge in [-0.3, -0.25) is 0 Å². The van der Waals surface area contributed by atoms with Gasteiger partial charge < -0.3 is 5.32 Å². The lowest BCUT2D eigenvalue weighted by Crippen LogP contribution is -2.33. The average molecular weight is 255 g/mol. The van der Waals surface area contributed by atoms with Crippen LogP contribution in [0.25, 0.3) is 0 Å². The molecular formula is C13H21NS2. The largest absolute Gasteiger partial charge is 0.315 e. The van der Waals surface area contributed by atoms with Crippen LogP contribution in [0.15, 0.2) is 12.2 Å². The molecule has 0 amide bonds. The summed E-state index contributed by atoms with van der Waals surface area (Å²) < 4.78 is 0. The fraction of sp³-hybridized carbons (Fsp3) is 0.846. The van der Waals surface area contributed by atoms with Gasteiger partial charge >= 0.3 is 0 Å². The van der Waals surface area contributed by atoms with Gasteiger partial charge in [0.2, 0.25) is 0 Å². The molecule has 0 radical (unpaired) electrons.